The highest BCUT2D eigenvalue weighted by Gasteiger charge is 2.33. The molecule has 2 aromatic heterocycles. The lowest BCUT2D eigenvalue weighted by atomic mass is 10.1. The molecule has 1 fully saturated rings. The zero-order valence-corrected chi connectivity index (χ0v) is 14.9. The minimum absolute atomic E-state index is 0.0387. The standard InChI is InChI=1S/C15H20FN5O3S/c1-3-20-10-14(19-11(20)2)25(22,23)21-6-4-5-13(9-21)24-15-17-7-12(16)8-18-15/h7-8,10,13H,3-6,9H2,1-2H3. The number of hydrogen-bond donors (Lipinski definition) is 0. The highest BCUT2D eigenvalue weighted by Crippen LogP contribution is 2.22. The van der Waals surface area contributed by atoms with Crippen molar-refractivity contribution >= 4 is 10.0 Å². The van der Waals surface area contributed by atoms with Gasteiger partial charge in [-0.15, -0.1) is 0 Å². The van der Waals surface area contributed by atoms with Crippen LogP contribution < -0.4 is 4.74 Å². The average Bonchev–Trinajstić information content (AvgIpc) is 2.99. The quantitative estimate of drug-likeness (QED) is 0.791. The van der Waals surface area contributed by atoms with Crippen molar-refractivity contribution in [2.75, 3.05) is 13.1 Å². The molecule has 1 atom stereocenters. The van der Waals surface area contributed by atoms with E-state index < -0.39 is 15.8 Å². The fourth-order valence-electron chi connectivity index (χ4n) is 2.79. The van der Waals surface area contributed by atoms with E-state index in [1.807, 2.05) is 6.92 Å². The summed E-state index contributed by atoms with van der Waals surface area (Å²) in [4.78, 5) is 11.7. The first-order valence-electron chi connectivity index (χ1n) is 8.08. The monoisotopic (exact) mass is 369 g/mol. The number of rotatable bonds is 5. The van der Waals surface area contributed by atoms with Gasteiger partial charge in [0.25, 0.3) is 10.0 Å². The smallest absolute Gasteiger partial charge is 0.316 e. The molecule has 0 bridgehead atoms. The molecule has 8 nitrogen and oxygen atoms in total. The van der Waals surface area contributed by atoms with Crippen molar-refractivity contribution in [2.45, 2.75) is 44.4 Å². The van der Waals surface area contributed by atoms with E-state index in [1.54, 1.807) is 17.7 Å². The number of aryl methyl sites for hydroxylation is 2. The van der Waals surface area contributed by atoms with Gasteiger partial charge in [-0.25, -0.2) is 27.8 Å². The van der Waals surface area contributed by atoms with Crippen LogP contribution in [0.1, 0.15) is 25.6 Å². The summed E-state index contributed by atoms with van der Waals surface area (Å²) < 4.78 is 47.3. The van der Waals surface area contributed by atoms with Crippen LogP contribution in [0.3, 0.4) is 0 Å². The number of aromatic nitrogens is 4. The maximum absolute atomic E-state index is 12.9. The molecular weight excluding hydrogens is 349 g/mol. The van der Waals surface area contributed by atoms with Crippen molar-refractivity contribution in [3.05, 3.63) is 30.2 Å². The minimum Gasteiger partial charge on any atom is -0.459 e. The van der Waals surface area contributed by atoms with Crippen molar-refractivity contribution in [3.8, 4) is 6.01 Å². The Bertz CT molecular complexity index is 837. The highest BCUT2D eigenvalue weighted by atomic mass is 32.2. The molecule has 0 amide bonds. The molecule has 1 aliphatic rings. The Balaban J connectivity index is 1.74. The number of imidazole rings is 1. The zero-order valence-electron chi connectivity index (χ0n) is 14.1. The van der Waals surface area contributed by atoms with Crippen LogP contribution >= 0.6 is 0 Å². The molecule has 0 aliphatic carbocycles. The lowest BCUT2D eigenvalue weighted by molar-refractivity contribution is 0.118. The molecule has 0 radical (unpaired) electrons. The van der Waals surface area contributed by atoms with Crippen LogP contribution in [0.25, 0.3) is 0 Å². The summed E-state index contributed by atoms with van der Waals surface area (Å²) in [6.45, 7) is 4.95. The van der Waals surface area contributed by atoms with Crippen molar-refractivity contribution in [1.29, 1.82) is 0 Å². The maximum atomic E-state index is 12.9. The summed E-state index contributed by atoms with van der Waals surface area (Å²) in [7, 11) is -3.69. The van der Waals surface area contributed by atoms with Crippen LogP contribution in [0, 0.1) is 12.7 Å². The topological polar surface area (TPSA) is 90.2 Å². The molecule has 1 unspecified atom stereocenters. The molecule has 2 aromatic rings. The third kappa shape index (κ3) is 3.79. The lowest BCUT2D eigenvalue weighted by Gasteiger charge is -2.30. The van der Waals surface area contributed by atoms with E-state index in [1.165, 1.54) is 4.31 Å². The van der Waals surface area contributed by atoms with Crippen LogP contribution in [0.15, 0.2) is 23.6 Å². The Morgan fingerprint density at radius 1 is 1.36 bits per heavy atom. The SMILES string of the molecule is CCn1cc(S(=O)(=O)N2CCCC(Oc3ncc(F)cn3)C2)nc1C. The maximum Gasteiger partial charge on any atom is 0.316 e. The highest BCUT2D eigenvalue weighted by molar-refractivity contribution is 7.89. The molecule has 1 aliphatic heterocycles. The van der Waals surface area contributed by atoms with E-state index in [9.17, 15) is 12.8 Å². The van der Waals surface area contributed by atoms with Gasteiger partial charge >= 0.3 is 6.01 Å². The van der Waals surface area contributed by atoms with Gasteiger partial charge in [-0.2, -0.15) is 4.31 Å². The third-order valence-electron chi connectivity index (χ3n) is 4.11. The van der Waals surface area contributed by atoms with Gasteiger partial charge in [-0.3, -0.25) is 0 Å². The molecule has 3 rings (SSSR count). The van der Waals surface area contributed by atoms with E-state index in [-0.39, 0.29) is 23.7 Å². The van der Waals surface area contributed by atoms with Crippen LogP contribution in [0.2, 0.25) is 0 Å². The van der Waals surface area contributed by atoms with Crippen LogP contribution in [0.5, 0.6) is 6.01 Å². The number of sulfonamides is 1. The number of ether oxygens (including phenoxy) is 1. The summed E-state index contributed by atoms with van der Waals surface area (Å²) in [5.74, 6) is 0.104. The van der Waals surface area contributed by atoms with E-state index in [0.717, 1.165) is 12.4 Å². The zero-order chi connectivity index (χ0) is 18.0. The second-order valence-corrected chi connectivity index (χ2v) is 7.73. The fourth-order valence-corrected chi connectivity index (χ4v) is 4.29. The molecule has 25 heavy (non-hydrogen) atoms. The number of halogens is 1. The first kappa shape index (κ1) is 17.7. The summed E-state index contributed by atoms with van der Waals surface area (Å²) >= 11 is 0. The average molecular weight is 369 g/mol. The van der Waals surface area contributed by atoms with Gasteiger partial charge < -0.3 is 9.30 Å². The van der Waals surface area contributed by atoms with Crippen LogP contribution in [-0.2, 0) is 16.6 Å². The Morgan fingerprint density at radius 2 is 2.08 bits per heavy atom. The van der Waals surface area contributed by atoms with Crippen molar-refractivity contribution < 1.29 is 17.5 Å². The predicted molar refractivity (Wildman–Crippen MR) is 87.0 cm³/mol. The van der Waals surface area contributed by atoms with Gasteiger partial charge in [0.2, 0.25) is 0 Å². The molecule has 0 N–H and O–H groups in total. The van der Waals surface area contributed by atoms with Gasteiger partial charge in [-0.05, 0) is 26.7 Å². The summed E-state index contributed by atoms with van der Waals surface area (Å²) in [5, 5.41) is 0.0468. The normalized spacial score (nSPS) is 19.1. The third-order valence-corrected chi connectivity index (χ3v) is 5.85. The van der Waals surface area contributed by atoms with E-state index in [2.05, 4.69) is 15.0 Å². The molecule has 3 heterocycles. The second-order valence-electron chi connectivity index (χ2n) is 5.84. The summed E-state index contributed by atoms with van der Waals surface area (Å²) in [6, 6.07) is 0.0387. The first-order valence-corrected chi connectivity index (χ1v) is 9.52. The van der Waals surface area contributed by atoms with Crippen molar-refractivity contribution in [1.82, 2.24) is 23.8 Å². The molecule has 0 saturated carbocycles. The molecule has 1 saturated heterocycles. The van der Waals surface area contributed by atoms with Gasteiger partial charge in [0.15, 0.2) is 10.8 Å². The molecular formula is C15H20FN5O3S. The summed E-state index contributed by atoms with van der Waals surface area (Å²) in [6.07, 6.45) is 4.52. The van der Waals surface area contributed by atoms with Gasteiger partial charge in [0.1, 0.15) is 11.9 Å². The van der Waals surface area contributed by atoms with Gasteiger partial charge in [-0.1, -0.05) is 0 Å². The van der Waals surface area contributed by atoms with Crippen LogP contribution in [0.4, 0.5) is 4.39 Å². The van der Waals surface area contributed by atoms with E-state index >= 15 is 0 Å². The lowest BCUT2D eigenvalue weighted by Crippen LogP contribution is -2.44. The number of nitrogens with zero attached hydrogens (tertiary/aromatic N) is 5. The fraction of sp³-hybridized carbons (Fsp3) is 0.533. The molecule has 0 aromatic carbocycles. The first-order chi connectivity index (χ1) is 11.9. The van der Waals surface area contributed by atoms with Crippen LogP contribution in [-0.4, -0.2) is 51.4 Å². The Hall–Kier alpha value is -2.07. The Morgan fingerprint density at radius 3 is 2.72 bits per heavy atom. The minimum atomic E-state index is -3.69. The van der Waals surface area contributed by atoms with Crippen molar-refractivity contribution in [3.63, 3.8) is 0 Å². The largest absolute Gasteiger partial charge is 0.459 e. The van der Waals surface area contributed by atoms with E-state index in [4.69, 9.17) is 4.74 Å². The molecule has 10 heteroatoms. The van der Waals surface area contributed by atoms with Gasteiger partial charge in [0.05, 0.1) is 18.9 Å². The predicted octanol–water partition coefficient (Wildman–Crippen LogP) is 1.37. The number of piperidine rings is 1. The number of hydrogen-bond acceptors (Lipinski definition) is 6. The summed E-state index contributed by atoms with van der Waals surface area (Å²) in [5.41, 5.74) is 0. The molecule has 136 valence electrons. The Labute approximate surface area is 145 Å². The van der Waals surface area contributed by atoms with Gasteiger partial charge in [0, 0.05) is 19.3 Å². The second kappa shape index (κ2) is 7.04. The van der Waals surface area contributed by atoms with E-state index in [0.29, 0.717) is 31.8 Å². The Kier molecular flexibility index (Phi) is 5.00. The molecule has 0 spiro atoms. The van der Waals surface area contributed by atoms with Crippen molar-refractivity contribution in [2.24, 2.45) is 0 Å².